The van der Waals surface area contributed by atoms with Crippen molar-refractivity contribution in [1.82, 2.24) is 20.0 Å². The van der Waals surface area contributed by atoms with Crippen LogP contribution < -0.4 is 5.32 Å². The summed E-state index contributed by atoms with van der Waals surface area (Å²) in [5.74, 6) is -0.141. The quantitative estimate of drug-likeness (QED) is 0.925. The third-order valence-electron chi connectivity index (χ3n) is 3.56. The molecule has 1 N–H and O–H groups in total. The van der Waals surface area contributed by atoms with E-state index in [1.54, 1.807) is 27.1 Å². The molecule has 3 heterocycles. The van der Waals surface area contributed by atoms with Crippen LogP contribution in [0.15, 0.2) is 29.8 Å². The molecule has 2 amide bonds. The smallest absolute Gasteiger partial charge is 0.247 e. The van der Waals surface area contributed by atoms with E-state index in [9.17, 15) is 9.59 Å². The molecule has 110 valence electrons. The molecule has 1 aliphatic rings. The second-order valence-corrected chi connectivity index (χ2v) is 6.01. The van der Waals surface area contributed by atoms with Crippen molar-refractivity contribution in [3.8, 4) is 0 Å². The maximum absolute atomic E-state index is 12.4. The van der Waals surface area contributed by atoms with Crippen molar-refractivity contribution in [3.05, 3.63) is 40.3 Å². The van der Waals surface area contributed by atoms with Crippen LogP contribution in [0.25, 0.3) is 0 Å². The number of amides is 2. The molecule has 1 aliphatic heterocycles. The molecular weight excluding hydrogens is 288 g/mol. The standard InChI is InChI=1S/C14H16N4O2S/c1-10(19)17-8-11-4-5-16-18(11)13(9-17)14(20)15-7-12-3-2-6-21-12/h2-6,13H,7-9H2,1H3,(H,15,20)/t13-/m0/s1. The van der Waals surface area contributed by atoms with E-state index in [0.29, 0.717) is 19.6 Å². The third kappa shape index (κ3) is 2.82. The lowest BCUT2D eigenvalue weighted by Gasteiger charge is -2.32. The number of rotatable bonds is 3. The number of thiophene rings is 1. The van der Waals surface area contributed by atoms with Crippen LogP contribution >= 0.6 is 11.3 Å². The Kier molecular flexibility index (Phi) is 3.74. The zero-order valence-electron chi connectivity index (χ0n) is 11.7. The topological polar surface area (TPSA) is 67.2 Å². The minimum Gasteiger partial charge on any atom is -0.349 e. The van der Waals surface area contributed by atoms with Crippen LogP contribution in [0.4, 0.5) is 0 Å². The van der Waals surface area contributed by atoms with Gasteiger partial charge >= 0.3 is 0 Å². The molecular formula is C14H16N4O2S. The average molecular weight is 304 g/mol. The summed E-state index contributed by atoms with van der Waals surface area (Å²) in [5, 5.41) is 9.11. The lowest BCUT2D eigenvalue weighted by atomic mass is 10.1. The van der Waals surface area contributed by atoms with E-state index >= 15 is 0 Å². The molecule has 0 bridgehead atoms. The van der Waals surface area contributed by atoms with Gasteiger partial charge in [-0.15, -0.1) is 11.3 Å². The van der Waals surface area contributed by atoms with Crippen molar-refractivity contribution >= 4 is 23.2 Å². The highest BCUT2D eigenvalue weighted by Crippen LogP contribution is 2.20. The Bertz CT molecular complexity index is 650. The first-order valence-electron chi connectivity index (χ1n) is 6.73. The molecule has 1 atom stereocenters. The van der Waals surface area contributed by atoms with E-state index in [-0.39, 0.29) is 11.8 Å². The second kappa shape index (κ2) is 5.69. The van der Waals surface area contributed by atoms with Crippen molar-refractivity contribution in [3.63, 3.8) is 0 Å². The van der Waals surface area contributed by atoms with Crippen LogP contribution in [0.2, 0.25) is 0 Å². The van der Waals surface area contributed by atoms with Gasteiger partial charge in [0.1, 0.15) is 6.04 Å². The number of carbonyl (C=O) groups is 2. The summed E-state index contributed by atoms with van der Waals surface area (Å²) in [6.07, 6.45) is 1.67. The zero-order chi connectivity index (χ0) is 14.8. The molecule has 0 aliphatic carbocycles. The van der Waals surface area contributed by atoms with E-state index in [2.05, 4.69) is 10.4 Å². The monoisotopic (exact) mass is 304 g/mol. The van der Waals surface area contributed by atoms with Gasteiger partial charge in [-0.05, 0) is 17.5 Å². The Labute approximate surface area is 126 Å². The van der Waals surface area contributed by atoms with Gasteiger partial charge in [-0.25, -0.2) is 0 Å². The first-order chi connectivity index (χ1) is 10.1. The zero-order valence-corrected chi connectivity index (χ0v) is 12.5. The molecule has 3 rings (SSSR count). The Morgan fingerprint density at radius 2 is 2.33 bits per heavy atom. The first-order valence-corrected chi connectivity index (χ1v) is 7.61. The van der Waals surface area contributed by atoms with Gasteiger partial charge in [0, 0.05) is 18.0 Å². The number of nitrogens with zero attached hydrogens (tertiary/aromatic N) is 3. The highest BCUT2D eigenvalue weighted by atomic mass is 32.1. The summed E-state index contributed by atoms with van der Waals surface area (Å²) >= 11 is 1.60. The largest absolute Gasteiger partial charge is 0.349 e. The number of hydrogen-bond acceptors (Lipinski definition) is 4. The van der Waals surface area contributed by atoms with Gasteiger partial charge in [-0.3, -0.25) is 14.3 Å². The van der Waals surface area contributed by atoms with Gasteiger partial charge in [0.2, 0.25) is 11.8 Å². The van der Waals surface area contributed by atoms with Gasteiger partial charge in [0.25, 0.3) is 0 Å². The van der Waals surface area contributed by atoms with Crippen LogP contribution in [0.3, 0.4) is 0 Å². The molecule has 6 nitrogen and oxygen atoms in total. The predicted octanol–water partition coefficient (Wildman–Crippen LogP) is 1.16. The highest BCUT2D eigenvalue weighted by Gasteiger charge is 2.31. The molecule has 0 fully saturated rings. The van der Waals surface area contributed by atoms with Crippen LogP contribution in [-0.2, 0) is 22.7 Å². The third-order valence-corrected chi connectivity index (χ3v) is 4.43. The number of carbonyl (C=O) groups excluding carboxylic acids is 2. The average Bonchev–Trinajstić information content (AvgIpc) is 3.14. The fourth-order valence-corrected chi connectivity index (χ4v) is 3.08. The predicted molar refractivity (Wildman–Crippen MR) is 78.5 cm³/mol. The minimum atomic E-state index is -0.465. The van der Waals surface area contributed by atoms with Crippen molar-refractivity contribution in [2.45, 2.75) is 26.1 Å². The van der Waals surface area contributed by atoms with E-state index in [1.807, 2.05) is 23.6 Å². The van der Waals surface area contributed by atoms with Crippen LogP contribution in [0.1, 0.15) is 23.5 Å². The SMILES string of the molecule is CC(=O)N1Cc2ccnn2[C@H](C(=O)NCc2cccs2)C1. The minimum absolute atomic E-state index is 0.0292. The van der Waals surface area contributed by atoms with Crippen molar-refractivity contribution in [1.29, 1.82) is 0 Å². The van der Waals surface area contributed by atoms with Gasteiger partial charge in [-0.1, -0.05) is 6.07 Å². The van der Waals surface area contributed by atoms with Gasteiger partial charge in [-0.2, -0.15) is 5.10 Å². The van der Waals surface area contributed by atoms with Crippen molar-refractivity contribution in [2.75, 3.05) is 6.54 Å². The van der Waals surface area contributed by atoms with E-state index in [4.69, 9.17) is 0 Å². The Morgan fingerprint density at radius 1 is 1.48 bits per heavy atom. The molecule has 0 unspecified atom stereocenters. The van der Waals surface area contributed by atoms with Gasteiger partial charge in [0.05, 0.1) is 25.3 Å². The van der Waals surface area contributed by atoms with E-state index < -0.39 is 6.04 Å². The second-order valence-electron chi connectivity index (χ2n) is 4.98. The number of aromatic nitrogens is 2. The molecule has 2 aromatic heterocycles. The summed E-state index contributed by atoms with van der Waals surface area (Å²) in [5.41, 5.74) is 0.882. The lowest BCUT2D eigenvalue weighted by Crippen LogP contribution is -2.46. The number of fused-ring (bicyclic) bond motifs is 1. The Balaban J connectivity index is 1.74. The Morgan fingerprint density at radius 3 is 3.05 bits per heavy atom. The molecule has 0 saturated carbocycles. The van der Waals surface area contributed by atoms with Crippen LogP contribution in [0.5, 0.6) is 0 Å². The summed E-state index contributed by atoms with van der Waals surface area (Å²) in [4.78, 5) is 26.8. The summed E-state index contributed by atoms with van der Waals surface area (Å²) in [6.45, 7) is 2.89. The normalized spacial score (nSPS) is 17.4. The van der Waals surface area contributed by atoms with E-state index in [1.165, 1.54) is 6.92 Å². The van der Waals surface area contributed by atoms with Crippen molar-refractivity contribution in [2.24, 2.45) is 0 Å². The fraction of sp³-hybridized carbons (Fsp3) is 0.357. The maximum Gasteiger partial charge on any atom is 0.247 e. The molecule has 7 heteroatoms. The lowest BCUT2D eigenvalue weighted by molar-refractivity contribution is -0.133. The molecule has 2 aromatic rings. The van der Waals surface area contributed by atoms with Crippen LogP contribution in [0, 0.1) is 0 Å². The van der Waals surface area contributed by atoms with Gasteiger partial charge in [0.15, 0.2) is 0 Å². The Hall–Kier alpha value is -2.15. The van der Waals surface area contributed by atoms with E-state index in [0.717, 1.165) is 10.6 Å². The van der Waals surface area contributed by atoms with Crippen molar-refractivity contribution < 1.29 is 9.59 Å². The molecule has 0 aromatic carbocycles. The summed E-state index contributed by atoms with van der Waals surface area (Å²) in [7, 11) is 0. The first kappa shape index (κ1) is 13.8. The molecule has 21 heavy (non-hydrogen) atoms. The summed E-state index contributed by atoms with van der Waals surface area (Å²) < 4.78 is 1.71. The highest BCUT2D eigenvalue weighted by molar-refractivity contribution is 7.09. The van der Waals surface area contributed by atoms with Gasteiger partial charge < -0.3 is 10.2 Å². The number of hydrogen-bond donors (Lipinski definition) is 1. The molecule has 0 spiro atoms. The number of nitrogens with one attached hydrogen (secondary N) is 1. The fourth-order valence-electron chi connectivity index (χ4n) is 2.43. The maximum atomic E-state index is 12.4. The summed E-state index contributed by atoms with van der Waals surface area (Å²) in [6, 6.07) is 5.31. The molecule has 0 saturated heterocycles. The van der Waals surface area contributed by atoms with Crippen LogP contribution in [-0.4, -0.2) is 33.0 Å². The molecule has 0 radical (unpaired) electrons.